The third-order valence-corrected chi connectivity index (χ3v) is 6.16. The zero-order chi connectivity index (χ0) is 13.0. The van der Waals surface area contributed by atoms with Crippen LogP contribution >= 0.6 is 23.5 Å². The largest absolute Gasteiger partial charge is 0.396 e. The Bertz CT molecular complexity index is 375. The van der Waals surface area contributed by atoms with Crippen LogP contribution in [0.1, 0.15) is 42.8 Å². The molecule has 1 aromatic rings. The molecule has 2 rings (SSSR count). The van der Waals surface area contributed by atoms with Gasteiger partial charge in [-0.3, -0.25) is 0 Å². The molecular weight excluding hydrogens is 270 g/mol. The van der Waals surface area contributed by atoms with Gasteiger partial charge >= 0.3 is 0 Å². The Morgan fingerprint density at radius 1 is 1.50 bits per heavy atom. The average Bonchev–Trinajstić information content (AvgIpc) is 2.88. The molecule has 1 aromatic heterocycles. The van der Waals surface area contributed by atoms with E-state index in [2.05, 4.69) is 17.1 Å². The second-order valence-electron chi connectivity index (χ2n) is 4.22. The molecule has 1 aliphatic heterocycles. The molecule has 0 radical (unpaired) electrons. The molecule has 0 spiro atoms. The Morgan fingerprint density at radius 3 is 3.00 bits per heavy atom. The standard InChI is InChI=1S/C11H19N3O2S2/c1-2-8-9(18-6-5-17-8)10-13-11(16-14-10)7(12)3-4-15/h7-9,15H,2-6,12H2,1H3. The van der Waals surface area contributed by atoms with Crippen LogP contribution in [-0.4, -0.2) is 38.6 Å². The van der Waals surface area contributed by atoms with Crippen molar-refractivity contribution in [2.75, 3.05) is 18.1 Å². The van der Waals surface area contributed by atoms with Crippen LogP contribution in [0.25, 0.3) is 0 Å². The van der Waals surface area contributed by atoms with E-state index in [1.165, 1.54) is 5.75 Å². The fourth-order valence-corrected chi connectivity index (χ4v) is 4.90. The van der Waals surface area contributed by atoms with Crippen molar-refractivity contribution in [3.8, 4) is 0 Å². The zero-order valence-corrected chi connectivity index (χ0v) is 12.0. The molecule has 1 saturated heterocycles. The molecule has 5 nitrogen and oxygen atoms in total. The minimum atomic E-state index is -0.363. The van der Waals surface area contributed by atoms with Gasteiger partial charge in [-0.15, -0.1) is 11.8 Å². The molecule has 3 N–H and O–H groups in total. The van der Waals surface area contributed by atoms with Gasteiger partial charge in [0.1, 0.15) is 0 Å². The van der Waals surface area contributed by atoms with Crippen molar-refractivity contribution in [2.24, 2.45) is 5.73 Å². The van der Waals surface area contributed by atoms with E-state index in [-0.39, 0.29) is 12.6 Å². The topological polar surface area (TPSA) is 85.2 Å². The number of hydrogen-bond donors (Lipinski definition) is 2. The number of aliphatic hydroxyl groups excluding tert-OH is 1. The van der Waals surface area contributed by atoms with Crippen LogP contribution < -0.4 is 5.73 Å². The van der Waals surface area contributed by atoms with E-state index in [9.17, 15) is 0 Å². The minimum Gasteiger partial charge on any atom is -0.396 e. The normalized spacial score (nSPS) is 26.2. The van der Waals surface area contributed by atoms with Crippen LogP contribution in [0.3, 0.4) is 0 Å². The van der Waals surface area contributed by atoms with Crippen molar-refractivity contribution in [3.05, 3.63) is 11.7 Å². The highest BCUT2D eigenvalue weighted by atomic mass is 32.2. The van der Waals surface area contributed by atoms with Gasteiger partial charge in [0, 0.05) is 23.4 Å². The second kappa shape index (κ2) is 6.79. The molecule has 18 heavy (non-hydrogen) atoms. The first-order chi connectivity index (χ1) is 8.76. The molecular formula is C11H19N3O2S2. The van der Waals surface area contributed by atoms with Gasteiger partial charge in [-0.1, -0.05) is 12.1 Å². The minimum absolute atomic E-state index is 0.0322. The van der Waals surface area contributed by atoms with Gasteiger partial charge in [-0.2, -0.15) is 16.7 Å². The number of nitrogens with two attached hydrogens (primary N) is 1. The summed E-state index contributed by atoms with van der Waals surface area (Å²) in [6, 6.07) is -0.363. The predicted octanol–water partition coefficient (Wildman–Crippen LogP) is 1.75. The van der Waals surface area contributed by atoms with E-state index in [1.807, 2.05) is 23.5 Å². The molecule has 3 unspecified atom stereocenters. The summed E-state index contributed by atoms with van der Waals surface area (Å²) in [4.78, 5) is 4.40. The van der Waals surface area contributed by atoms with E-state index in [1.54, 1.807) is 0 Å². The molecule has 0 saturated carbocycles. The van der Waals surface area contributed by atoms with Crippen LogP contribution in [-0.2, 0) is 0 Å². The van der Waals surface area contributed by atoms with Crippen molar-refractivity contribution in [3.63, 3.8) is 0 Å². The molecule has 2 heterocycles. The van der Waals surface area contributed by atoms with Gasteiger partial charge in [0.05, 0.1) is 11.3 Å². The third kappa shape index (κ3) is 3.20. The summed E-state index contributed by atoms with van der Waals surface area (Å²) >= 11 is 3.87. The maximum absolute atomic E-state index is 8.86. The highest BCUT2D eigenvalue weighted by Crippen LogP contribution is 2.42. The molecule has 0 bridgehead atoms. The molecule has 102 valence electrons. The zero-order valence-electron chi connectivity index (χ0n) is 10.4. The van der Waals surface area contributed by atoms with Gasteiger partial charge in [0.15, 0.2) is 5.82 Å². The first kappa shape index (κ1) is 14.2. The number of rotatable bonds is 5. The van der Waals surface area contributed by atoms with Crippen LogP contribution in [0.2, 0.25) is 0 Å². The number of hydrogen-bond acceptors (Lipinski definition) is 7. The molecule has 0 aliphatic carbocycles. The van der Waals surface area contributed by atoms with Crippen LogP contribution in [0.4, 0.5) is 0 Å². The average molecular weight is 289 g/mol. The monoisotopic (exact) mass is 289 g/mol. The summed E-state index contributed by atoms with van der Waals surface area (Å²) in [5, 5.41) is 13.8. The highest BCUT2D eigenvalue weighted by molar-refractivity contribution is 8.06. The fraction of sp³-hybridized carbons (Fsp3) is 0.818. The number of nitrogens with zero attached hydrogens (tertiary/aromatic N) is 2. The van der Waals surface area contributed by atoms with Gasteiger partial charge < -0.3 is 15.4 Å². The quantitative estimate of drug-likeness (QED) is 0.854. The van der Waals surface area contributed by atoms with Gasteiger partial charge in [-0.25, -0.2) is 0 Å². The van der Waals surface area contributed by atoms with Crippen molar-refractivity contribution >= 4 is 23.5 Å². The van der Waals surface area contributed by atoms with Crippen LogP contribution in [0.15, 0.2) is 4.52 Å². The summed E-state index contributed by atoms with van der Waals surface area (Å²) in [5.74, 6) is 3.50. The highest BCUT2D eigenvalue weighted by Gasteiger charge is 2.30. The van der Waals surface area contributed by atoms with Crippen molar-refractivity contribution in [1.82, 2.24) is 10.1 Å². The number of thioether (sulfide) groups is 2. The Hall–Kier alpha value is -0.240. The van der Waals surface area contributed by atoms with E-state index >= 15 is 0 Å². The summed E-state index contributed by atoms with van der Waals surface area (Å²) < 4.78 is 5.21. The van der Waals surface area contributed by atoms with Gasteiger partial charge in [0.2, 0.25) is 5.89 Å². The van der Waals surface area contributed by atoms with E-state index < -0.39 is 0 Å². The number of aromatic nitrogens is 2. The van der Waals surface area contributed by atoms with Crippen molar-refractivity contribution in [1.29, 1.82) is 0 Å². The van der Waals surface area contributed by atoms with E-state index in [4.69, 9.17) is 15.4 Å². The Balaban J connectivity index is 2.08. The van der Waals surface area contributed by atoms with Gasteiger partial charge in [0.25, 0.3) is 0 Å². The lowest BCUT2D eigenvalue weighted by Gasteiger charge is -2.27. The van der Waals surface area contributed by atoms with Crippen LogP contribution in [0.5, 0.6) is 0 Å². The maximum Gasteiger partial charge on any atom is 0.243 e. The van der Waals surface area contributed by atoms with Crippen molar-refractivity contribution < 1.29 is 9.63 Å². The first-order valence-electron chi connectivity index (χ1n) is 6.19. The van der Waals surface area contributed by atoms with Crippen LogP contribution in [0, 0.1) is 0 Å². The second-order valence-corrected chi connectivity index (χ2v) is 6.82. The number of aliphatic hydroxyl groups is 1. The molecule has 1 fully saturated rings. The molecule has 7 heteroatoms. The Labute approximate surface area is 115 Å². The van der Waals surface area contributed by atoms with Crippen molar-refractivity contribution in [2.45, 2.75) is 36.3 Å². The maximum atomic E-state index is 8.86. The molecule has 0 aromatic carbocycles. The van der Waals surface area contributed by atoms with Gasteiger partial charge in [-0.05, 0) is 12.8 Å². The molecule has 1 aliphatic rings. The Morgan fingerprint density at radius 2 is 2.28 bits per heavy atom. The molecule has 3 atom stereocenters. The van der Waals surface area contributed by atoms with E-state index in [0.29, 0.717) is 22.8 Å². The SMILES string of the molecule is CCC1SCCSC1c1noc(C(N)CCO)n1. The lowest BCUT2D eigenvalue weighted by atomic mass is 10.2. The summed E-state index contributed by atoms with van der Waals surface area (Å²) in [5.41, 5.74) is 5.85. The summed E-state index contributed by atoms with van der Waals surface area (Å²) in [6.45, 7) is 2.22. The van der Waals surface area contributed by atoms with E-state index in [0.717, 1.165) is 18.0 Å². The summed E-state index contributed by atoms with van der Waals surface area (Å²) in [7, 11) is 0. The summed E-state index contributed by atoms with van der Waals surface area (Å²) in [6.07, 6.45) is 1.56. The molecule has 0 amide bonds. The smallest absolute Gasteiger partial charge is 0.243 e. The predicted molar refractivity (Wildman–Crippen MR) is 74.7 cm³/mol. The first-order valence-corrected chi connectivity index (χ1v) is 8.29. The lowest BCUT2D eigenvalue weighted by Crippen LogP contribution is -2.19. The fourth-order valence-electron chi connectivity index (χ4n) is 1.92. The Kier molecular flexibility index (Phi) is 5.35. The third-order valence-electron chi connectivity index (χ3n) is 2.92. The lowest BCUT2D eigenvalue weighted by molar-refractivity contribution is 0.259.